The highest BCUT2D eigenvalue weighted by molar-refractivity contribution is 7.90. The lowest BCUT2D eigenvalue weighted by Crippen LogP contribution is -2.50. The zero-order chi connectivity index (χ0) is 23.3. The molecule has 1 aliphatic rings. The Morgan fingerprint density at radius 3 is 2.38 bits per heavy atom. The molecule has 4 rings (SSSR count). The van der Waals surface area contributed by atoms with Gasteiger partial charge in [0, 0.05) is 38.6 Å². The Balaban J connectivity index is 1.58. The highest BCUT2D eigenvalue weighted by Crippen LogP contribution is 2.28. The summed E-state index contributed by atoms with van der Waals surface area (Å²) in [5, 5.41) is 9.80. The lowest BCUT2D eigenvalue weighted by molar-refractivity contribution is 0.0694. The van der Waals surface area contributed by atoms with Gasteiger partial charge < -0.3 is 10.0 Å². The van der Waals surface area contributed by atoms with Crippen LogP contribution in [0.15, 0.2) is 52.6 Å². The van der Waals surface area contributed by atoms with E-state index in [1.165, 1.54) is 31.9 Å². The molecule has 0 aliphatic carbocycles. The lowest BCUT2D eigenvalue weighted by atomic mass is 10.2. The smallest absolute Gasteiger partial charge is 0.274 e. The van der Waals surface area contributed by atoms with Crippen molar-refractivity contribution < 1.29 is 26.7 Å². The molecule has 3 aromatic rings. The zero-order valence-corrected chi connectivity index (χ0v) is 19.1. The molecule has 0 spiro atoms. The van der Waals surface area contributed by atoms with Crippen molar-refractivity contribution in [2.24, 2.45) is 0 Å². The first-order valence-electron chi connectivity index (χ1n) is 9.76. The van der Waals surface area contributed by atoms with E-state index in [4.69, 9.17) is 0 Å². The predicted octanol–water partition coefficient (Wildman–Crippen LogP) is 0.899. The molecule has 170 valence electrons. The molecule has 0 bridgehead atoms. The van der Waals surface area contributed by atoms with Crippen molar-refractivity contribution in [3.8, 4) is 5.75 Å². The number of hydrogen-bond donors (Lipinski definition) is 1. The van der Waals surface area contributed by atoms with Gasteiger partial charge in [0.25, 0.3) is 5.91 Å². The Morgan fingerprint density at radius 1 is 1.03 bits per heavy atom. The molecule has 10 nitrogen and oxygen atoms in total. The average molecular weight is 479 g/mol. The van der Waals surface area contributed by atoms with Gasteiger partial charge in [0.15, 0.2) is 5.69 Å². The van der Waals surface area contributed by atoms with Crippen LogP contribution in [0.3, 0.4) is 0 Å². The summed E-state index contributed by atoms with van der Waals surface area (Å²) in [6, 6.07) is 9.29. The van der Waals surface area contributed by atoms with Crippen molar-refractivity contribution in [3.63, 3.8) is 0 Å². The molecular weight excluding hydrogens is 456 g/mol. The number of nitrogens with zero attached hydrogens (tertiary/aromatic N) is 4. The average Bonchev–Trinajstić information content (AvgIpc) is 3.15. The van der Waals surface area contributed by atoms with Gasteiger partial charge in [0.1, 0.15) is 10.6 Å². The molecule has 12 heteroatoms. The van der Waals surface area contributed by atoms with E-state index in [0.717, 1.165) is 6.26 Å². The van der Waals surface area contributed by atoms with Gasteiger partial charge in [-0.1, -0.05) is 12.1 Å². The number of fused-ring (bicyclic) bond motifs is 1. The number of aromatic nitrogens is 2. The molecule has 0 saturated carbocycles. The zero-order valence-electron chi connectivity index (χ0n) is 17.5. The minimum atomic E-state index is -3.93. The summed E-state index contributed by atoms with van der Waals surface area (Å²) in [7, 11) is -7.60. The first-order valence-corrected chi connectivity index (χ1v) is 13.1. The number of rotatable bonds is 4. The van der Waals surface area contributed by atoms with Crippen molar-refractivity contribution in [1.82, 2.24) is 18.6 Å². The Labute approximate surface area is 185 Å². The third kappa shape index (κ3) is 3.85. The highest BCUT2D eigenvalue weighted by Gasteiger charge is 2.33. The molecule has 1 aromatic carbocycles. The third-order valence-corrected chi connectivity index (χ3v) is 8.19. The summed E-state index contributed by atoms with van der Waals surface area (Å²) in [5.74, 6) is -0.800. The highest BCUT2D eigenvalue weighted by atomic mass is 32.2. The molecule has 1 saturated heterocycles. The molecule has 1 N–H and O–H groups in total. The van der Waals surface area contributed by atoms with Crippen molar-refractivity contribution in [1.29, 1.82) is 0 Å². The minimum absolute atomic E-state index is 0.00124. The fourth-order valence-corrected chi connectivity index (χ4v) is 6.04. The van der Waals surface area contributed by atoms with E-state index in [1.807, 2.05) is 0 Å². The van der Waals surface area contributed by atoms with E-state index >= 15 is 0 Å². The van der Waals surface area contributed by atoms with Crippen molar-refractivity contribution in [3.05, 3.63) is 53.9 Å². The van der Waals surface area contributed by atoms with Crippen LogP contribution < -0.4 is 0 Å². The first kappa shape index (κ1) is 22.2. The monoisotopic (exact) mass is 478 g/mol. The number of benzene rings is 1. The molecule has 1 fully saturated rings. The van der Waals surface area contributed by atoms with Crippen LogP contribution in [0.25, 0.3) is 5.52 Å². The number of carbonyl (C=O) groups is 1. The number of phenols is 1. The number of piperazine rings is 1. The molecular formula is C20H22N4O6S2. The van der Waals surface area contributed by atoms with E-state index in [-0.39, 0.29) is 47.7 Å². The van der Waals surface area contributed by atoms with Gasteiger partial charge in [-0.2, -0.15) is 4.31 Å². The third-order valence-electron chi connectivity index (χ3n) is 5.31. The van der Waals surface area contributed by atoms with E-state index in [1.54, 1.807) is 31.2 Å². The molecule has 32 heavy (non-hydrogen) atoms. The standard InChI is InChI=1S/C20H22N4O6S2/c1-14-6-7-16(25)17(13-14)32(29,30)23-11-9-22(10-12-23)19(26)18-15-5-3-4-8-24(15)20(21-18)31(2,27)28/h3-8,13,25H,9-12H2,1-2H3. The maximum atomic E-state index is 13.1. The second-order valence-electron chi connectivity index (χ2n) is 7.64. The Morgan fingerprint density at radius 2 is 1.72 bits per heavy atom. The van der Waals surface area contributed by atoms with Gasteiger partial charge in [0.2, 0.25) is 25.0 Å². The SMILES string of the molecule is Cc1ccc(O)c(S(=O)(=O)N2CCN(C(=O)c3nc(S(C)(=O)=O)n4ccccc34)CC2)c1. The van der Waals surface area contributed by atoms with Gasteiger partial charge in [0.05, 0.1) is 5.52 Å². The number of phenolic OH excluding ortho intramolecular Hbond substituents is 1. The Bertz CT molecular complexity index is 1420. The maximum Gasteiger partial charge on any atom is 0.274 e. The largest absolute Gasteiger partial charge is 0.507 e. The fourth-order valence-electron chi connectivity index (χ4n) is 3.68. The number of amides is 1. The van der Waals surface area contributed by atoms with E-state index in [0.29, 0.717) is 11.1 Å². The van der Waals surface area contributed by atoms with E-state index in [9.17, 15) is 26.7 Å². The second kappa shape index (κ2) is 7.87. The number of sulfone groups is 1. The number of pyridine rings is 1. The molecule has 0 unspecified atom stereocenters. The predicted molar refractivity (Wildman–Crippen MR) is 116 cm³/mol. The molecule has 3 heterocycles. The van der Waals surface area contributed by atoms with Gasteiger partial charge in [-0.3, -0.25) is 9.20 Å². The van der Waals surface area contributed by atoms with E-state index in [2.05, 4.69) is 4.98 Å². The van der Waals surface area contributed by atoms with Gasteiger partial charge >= 0.3 is 0 Å². The summed E-state index contributed by atoms with van der Waals surface area (Å²) >= 11 is 0. The quantitative estimate of drug-likeness (QED) is 0.590. The summed E-state index contributed by atoms with van der Waals surface area (Å²) in [5.41, 5.74) is 1.06. The number of carbonyl (C=O) groups excluding carboxylic acids is 1. The molecule has 0 atom stereocenters. The first-order chi connectivity index (χ1) is 15.0. The van der Waals surface area contributed by atoms with E-state index < -0.39 is 25.8 Å². The van der Waals surface area contributed by atoms with Crippen LogP contribution in [0, 0.1) is 6.92 Å². The minimum Gasteiger partial charge on any atom is -0.507 e. The topological polar surface area (TPSA) is 129 Å². The Hall–Kier alpha value is -2.96. The number of imidazole rings is 1. The number of hydrogen-bond acceptors (Lipinski definition) is 7. The van der Waals surface area contributed by atoms with Crippen LogP contribution in [0.2, 0.25) is 0 Å². The van der Waals surface area contributed by atoms with Crippen LogP contribution in [0.1, 0.15) is 16.1 Å². The van der Waals surface area contributed by atoms with Gasteiger partial charge in [-0.05, 0) is 36.8 Å². The molecule has 1 amide bonds. The summed E-state index contributed by atoms with van der Waals surface area (Å²) < 4.78 is 52.7. The summed E-state index contributed by atoms with van der Waals surface area (Å²) in [4.78, 5) is 18.5. The number of aromatic hydroxyl groups is 1. The maximum absolute atomic E-state index is 13.1. The van der Waals surface area contributed by atoms with Gasteiger partial charge in [-0.25, -0.2) is 21.8 Å². The Kier molecular flexibility index (Phi) is 5.47. The molecule has 0 radical (unpaired) electrons. The fraction of sp³-hybridized carbons (Fsp3) is 0.300. The van der Waals surface area contributed by atoms with Crippen LogP contribution >= 0.6 is 0 Å². The second-order valence-corrected chi connectivity index (χ2v) is 11.5. The molecule has 2 aromatic heterocycles. The van der Waals surface area contributed by atoms with Crippen molar-refractivity contribution in [2.75, 3.05) is 32.4 Å². The normalized spacial score (nSPS) is 15.9. The molecule has 1 aliphatic heterocycles. The van der Waals surface area contributed by atoms with Crippen molar-refractivity contribution >= 4 is 31.3 Å². The van der Waals surface area contributed by atoms with Crippen LogP contribution in [0.5, 0.6) is 5.75 Å². The van der Waals surface area contributed by atoms with Crippen LogP contribution in [-0.4, -0.2) is 78.9 Å². The number of sulfonamides is 1. The summed E-state index contributed by atoms with van der Waals surface area (Å²) in [6.07, 6.45) is 2.54. The van der Waals surface area contributed by atoms with Gasteiger partial charge in [-0.15, -0.1) is 0 Å². The van der Waals surface area contributed by atoms with Crippen molar-refractivity contribution in [2.45, 2.75) is 17.0 Å². The van der Waals surface area contributed by atoms with Crippen LogP contribution in [0.4, 0.5) is 0 Å². The summed E-state index contributed by atoms with van der Waals surface area (Å²) in [6.45, 7) is 2.00. The lowest BCUT2D eigenvalue weighted by Gasteiger charge is -2.33. The van der Waals surface area contributed by atoms with Crippen LogP contribution in [-0.2, 0) is 19.9 Å². The number of aryl methyl sites for hydroxylation is 1.